The van der Waals surface area contributed by atoms with E-state index >= 15 is 0 Å². The smallest absolute Gasteiger partial charge is 0.334 e. The number of ether oxygens (including phenoxy) is 2. The molecule has 1 aliphatic heterocycles. The van der Waals surface area contributed by atoms with Gasteiger partial charge in [-0.25, -0.2) is 9.59 Å². The Morgan fingerprint density at radius 2 is 2.12 bits per heavy atom. The van der Waals surface area contributed by atoms with Gasteiger partial charge in [0.15, 0.2) is 0 Å². The zero-order valence-electron chi connectivity index (χ0n) is 9.34. The van der Waals surface area contributed by atoms with Crippen molar-refractivity contribution in [2.24, 2.45) is 0 Å². The number of cyclic esters (lactones) is 1. The van der Waals surface area contributed by atoms with E-state index in [1.54, 1.807) is 0 Å². The van der Waals surface area contributed by atoms with Gasteiger partial charge in [0.05, 0.1) is 13.7 Å². The molecule has 1 atom stereocenters. The Balaban J connectivity index is 2.29. The van der Waals surface area contributed by atoms with Crippen LogP contribution in [0.4, 0.5) is 0 Å². The van der Waals surface area contributed by atoms with Crippen molar-refractivity contribution < 1.29 is 19.1 Å². The molecule has 1 unspecified atom stereocenters. The van der Waals surface area contributed by atoms with Crippen molar-refractivity contribution in [2.45, 2.75) is 16.1 Å². The lowest BCUT2D eigenvalue weighted by molar-refractivity contribution is -0.151. The van der Waals surface area contributed by atoms with E-state index in [-0.39, 0.29) is 6.61 Å². The molecule has 1 aromatic rings. The van der Waals surface area contributed by atoms with E-state index in [9.17, 15) is 9.59 Å². The SMILES string of the molecule is COC(=O)C1(Sc2ccccc2)CCOC1=O. The van der Waals surface area contributed by atoms with E-state index in [1.807, 2.05) is 30.3 Å². The fourth-order valence-corrected chi connectivity index (χ4v) is 2.87. The minimum atomic E-state index is -1.24. The molecule has 0 N–H and O–H groups in total. The van der Waals surface area contributed by atoms with Gasteiger partial charge in [0.2, 0.25) is 4.75 Å². The maximum absolute atomic E-state index is 11.8. The molecule has 1 aromatic carbocycles. The van der Waals surface area contributed by atoms with Crippen LogP contribution in [0.5, 0.6) is 0 Å². The molecule has 1 aliphatic rings. The summed E-state index contributed by atoms with van der Waals surface area (Å²) >= 11 is 1.19. The number of esters is 2. The maximum Gasteiger partial charge on any atom is 0.334 e. The van der Waals surface area contributed by atoms with Gasteiger partial charge in [-0.05, 0) is 12.1 Å². The Labute approximate surface area is 103 Å². The molecule has 1 fully saturated rings. The lowest BCUT2D eigenvalue weighted by atomic mass is 10.1. The summed E-state index contributed by atoms with van der Waals surface area (Å²) in [5, 5.41) is 0. The first-order valence-corrected chi connectivity index (χ1v) is 6.00. The van der Waals surface area contributed by atoms with E-state index < -0.39 is 16.7 Å². The van der Waals surface area contributed by atoms with Crippen molar-refractivity contribution >= 4 is 23.7 Å². The van der Waals surface area contributed by atoms with Crippen LogP contribution in [-0.4, -0.2) is 30.4 Å². The first-order chi connectivity index (χ1) is 8.19. The Morgan fingerprint density at radius 3 is 2.65 bits per heavy atom. The van der Waals surface area contributed by atoms with Crippen LogP contribution in [0, 0.1) is 0 Å². The molecule has 0 bridgehead atoms. The molecule has 0 aliphatic carbocycles. The number of carbonyl (C=O) groups excluding carboxylic acids is 2. The monoisotopic (exact) mass is 252 g/mol. The number of methoxy groups -OCH3 is 1. The maximum atomic E-state index is 11.8. The second-order valence-electron chi connectivity index (χ2n) is 3.62. The second-order valence-corrected chi connectivity index (χ2v) is 4.99. The summed E-state index contributed by atoms with van der Waals surface area (Å²) in [6.07, 6.45) is 0.345. The topological polar surface area (TPSA) is 52.6 Å². The average molecular weight is 252 g/mol. The van der Waals surface area contributed by atoms with Crippen LogP contribution in [0.3, 0.4) is 0 Å². The van der Waals surface area contributed by atoms with Gasteiger partial charge in [0, 0.05) is 11.3 Å². The van der Waals surface area contributed by atoms with Crippen molar-refractivity contribution in [2.75, 3.05) is 13.7 Å². The first kappa shape index (κ1) is 12.0. The van der Waals surface area contributed by atoms with Gasteiger partial charge in [-0.15, -0.1) is 0 Å². The molecule has 0 aromatic heterocycles. The van der Waals surface area contributed by atoms with Crippen molar-refractivity contribution in [3.8, 4) is 0 Å². The molecule has 90 valence electrons. The third kappa shape index (κ3) is 2.15. The molecule has 0 saturated carbocycles. The third-order valence-electron chi connectivity index (χ3n) is 2.57. The number of thioether (sulfide) groups is 1. The van der Waals surface area contributed by atoms with Crippen LogP contribution in [0.2, 0.25) is 0 Å². The standard InChI is InChI=1S/C12H12O4S/c1-15-10(13)12(7-8-16-11(12)14)17-9-5-3-2-4-6-9/h2-6H,7-8H2,1H3. The van der Waals surface area contributed by atoms with Crippen LogP contribution < -0.4 is 0 Å². The summed E-state index contributed by atoms with van der Waals surface area (Å²) < 4.78 is 8.38. The molecule has 1 heterocycles. The highest BCUT2D eigenvalue weighted by atomic mass is 32.2. The first-order valence-electron chi connectivity index (χ1n) is 5.19. The number of hydrogen-bond acceptors (Lipinski definition) is 5. The normalized spacial score (nSPS) is 23.2. The summed E-state index contributed by atoms with van der Waals surface area (Å²) in [7, 11) is 1.28. The third-order valence-corrected chi connectivity index (χ3v) is 3.96. The molecule has 0 amide bonds. The Kier molecular flexibility index (Phi) is 3.38. The van der Waals surface area contributed by atoms with E-state index in [0.717, 1.165) is 4.90 Å². The fourth-order valence-electron chi connectivity index (χ4n) is 1.68. The summed E-state index contributed by atoms with van der Waals surface area (Å²) in [5.41, 5.74) is 0. The van der Waals surface area contributed by atoms with Gasteiger partial charge in [-0.3, -0.25) is 0 Å². The summed E-state index contributed by atoms with van der Waals surface area (Å²) in [6.45, 7) is 0.258. The molecule has 4 nitrogen and oxygen atoms in total. The molecule has 0 radical (unpaired) electrons. The quantitative estimate of drug-likeness (QED) is 0.604. The lowest BCUT2D eigenvalue weighted by Gasteiger charge is -2.20. The van der Waals surface area contributed by atoms with Crippen molar-refractivity contribution in [1.82, 2.24) is 0 Å². The second kappa shape index (κ2) is 4.79. The van der Waals surface area contributed by atoms with Crippen molar-refractivity contribution in [1.29, 1.82) is 0 Å². The number of carbonyl (C=O) groups is 2. The largest absolute Gasteiger partial charge is 0.468 e. The number of hydrogen-bond donors (Lipinski definition) is 0. The summed E-state index contributed by atoms with van der Waals surface area (Å²) in [5.74, 6) is -1.06. The van der Waals surface area contributed by atoms with Crippen LogP contribution in [-0.2, 0) is 19.1 Å². The molecular weight excluding hydrogens is 240 g/mol. The van der Waals surface area contributed by atoms with Crippen LogP contribution >= 0.6 is 11.8 Å². The highest BCUT2D eigenvalue weighted by Crippen LogP contribution is 2.41. The van der Waals surface area contributed by atoms with E-state index in [0.29, 0.717) is 6.42 Å². The van der Waals surface area contributed by atoms with Gasteiger partial charge >= 0.3 is 11.9 Å². The van der Waals surface area contributed by atoms with Crippen molar-refractivity contribution in [3.05, 3.63) is 30.3 Å². The number of rotatable bonds is 3. The minimum absolute atomic E-state index is 0.258. The van der Waals surface area contributed by atoms with Crippen LogP contribution in [0.1, 0.15) is 6.42 Å². The van der Waals surface area contributed by atoms with Crippen LogP contribution in [0.25, 0.3) is 0 Å². The molecule has 5 heteroatoms. The lowest BCUT2D eigenvalue weighted by Crippen LogP contribution is -2.40. The van der Waals surface area contributed by atoms with Gasteiger partial charge in [-0.1, -0.05) is 30.0 Å². The van der Waals surface area contributed by atoms with Crippen LogP contribution in [0.15, 0.2) is 35.2 Å². The molecule has 2 rings (SSSR count). The Hall–Kier alpha value is -1.49. The van der Waals surface area contributed by atoms with E-state index in [4.69, 9.17) is 9.47 Å². The van der Waals surface area contributed by atoms with Gasteiger partial charge in [0.25, 0.3) is 0 Å². The average Bonchev–Trinajstić information content (AvgIpc) is 2.72. The van der Waals surface area contributed by atoms with Crippen molar-refractivity contribution in [3.63, 3.8) is 0 Å². The fraction of sp³-hybridized carbons (Fsp3) is 0.333. The highest BCUT2D eigenvalue weighted by Gasteiger charge is 2.53. The minimum Gasteiger partial charge on any atom is -0.468 e. The zero-order valence-corrected chi connectivity index (χ0v) is 10.2. The molecule has 1 saturated heterocycles. The molecular formula is C12H12O4S. The van der Waals surface area contributed by atoms with E-state index in [2.05, 4.69) is 0 Å². The number of benzene rings is 1. The Bertz CT molecular complexity index is 431. The predicted octanol–water partition coefficient (Wildman–Crippen LogP) is 1.64. The van der Waals surface area contributed by atoms with Gasteiger partial charge in [0.1, 0.15) is 0 Å². The highest BCUT2D eigenvalue weighted by molar-refractivity contribution is 8.02. The van der Waals surface area contributed by atoms with Gasteiger partial charge in [-0.2, -0.15) is 0 Å². The zero-order chi connectivity index (χ0) is 12.3. The van der Waals surface area contributed by atoms with E-state index in [1.165, 1.54) is 18.9 Å². The predicted molar refractivity (Wildman–Crippen MR) is 62.6 cm³/mol. The summed E-state index contributed by atoms with van der Waals surface area (Å²) in [4.78, 5) is 24.4. The van der Waals surface area contributed by atoms with Gasteiger partial charge < -0.3 is 9.47 Å². The molecule has 17 heavy (non-hydrogen) atoms. The summed E-state index contributed by atoms with van der Waals surface area (Å²) in [6, 6.07) is 9.28. The Morgan fingerprint density at radius 1 is 1.41 bits per heavy atom. The molecule has 0 spiro atoms.